The van der Waals surface area contributed by atoms with Gasteiger partial charge in [-0.3, -0.25) is 0 Å². The normalized spacial score (nSPS) is 9.05. The fourth-order valence-corrected chi connectivity index (χ4v) is 5.07. The van der Waals surface area contributed by atoms with E-state index in [1.807, 2.05) is 13.8 Å². The van der Waals surface area contributed by atoms with E-state index in [0.717, 1.165) is 29.9 Å². The minimum atomic E-state index is -0.282. The fourth-order valence-electron chi connectivity index (χ4n) is 4.91. The van der Waals surface area contributed by atoms with Crippen molar-refractivity contribution in [1.82, 2.24) is 44.9 Å². The molecular formula is C52H58Cl3F3N18O. The van der Waals surface area contributed by atoms with Crippen LogP contribution in [0.4, 0.5) is 60.8 Å². The summed E-state index contributed by atoms with van der Waals surface area (Å²) in [5, 5.41) is 23.2. The molecule has 0 aliphatic carbocycles. The molecule has 0 bridgehead atoms. The molecule has 0 saturated carbocycles. The first-order chi connectivity index (χ1) is 36.4. The Kier molecular flexibility index (Phi) is 37.5. The maximum Gasteiger partial charge on any atom is 0.230 e. The van der Waals surface area contributed by atoms with E-state index in [1.165, 1.54) is 36.4 Å². The Bertz CT molecular complexity index is 2630. The molecule has 6 aromatic rings. The topological polar surface area (TPSA) is 248 Å². The smallest absolute Gasteiger partial charge is 0.230 e. The van der Waals surface area contributed by atoms with Crippen molar-refractivity contribution in [2.75, 3.05) is 95.0 Å². The third kappa shape index (κ3) is 31.4. The van der Waals surface area contributed by atoms with E-state index in [2.05, 4.69) is 123 Å². The van der Waals surface area contributed by atoms with Gasteiger partial charge in [0.25, 0.3) is 0 Å². The molecule has 3 heterocycles. The number of anilines is 8. The molecule has 3 aromatic carbocycles. The van der Waals surface area contributed by atoms with Gasteiger partial charge in [0.2, 0.25) is 52.9 Å². The largest absolute Gasteiger partial charge is 0.382 e. The van der Waals surface area contributed by atoms with Crippen molar-refractivity contribution in [1.29, 1.82) is 0 Å². The zero-order valence-corrected chi connectivity index (χ0v) is 44.4. The average Bonchev–Trinajstić information content (AvgIpc) is 3.42. The summed E-state index contributed by atoms with van der Waals surface area (Å²) in [7, 11) is 0. The van der Waals surface area contributed by atoms with Crippen molar-refractivity contribution < 1.29 is 17.9 Å². The standard InChI is InChI=1S/2C16H15FN6.C9H8ClN5.C7H8FN.C4H10O.2ClH/c2*1-3-9-18-14-21-15(19-10-4-2)23-16(22-14)20-11-12-5-7-13(17)8-6-12;1-3-5-11-8-13-7(10)14-9(15-8)12-6-4-2;8-7-3-1-6(5-9)2-4-7;1-3-5-4-2;;/h2*1-2,5-8H,9-11H2,(H3,18,19,20,21,22,23);1-2H,5-6H2,(H2,11,12,13,14,15);1-4H,5,9H2;3-4H2,1-2H3;2*1H. The van der Waals surface area contributed by atoms with E-state index in [4.69, 9.17) is 60.6 Å². The van der Waals surface area contributed by atoms with Crippen molar-refractivity contribution in [2.24, 2.45) is 5.73 Å². The van der Waals surface area contributed by atoms with E-state index in [1.54, 1.807) is 36.4 Å². The summed E-state index contributed by atoms with van der Waals surface area (Å²) in [4.78, 5) is 36.8. The van der Waals surface area contributed by atoms with Crippen LogP contribution in [0.2, 0.25) is 5.28 Å². The monoisotopic (exact) mass is 1110 g/mol. The second kappa shape index (κ2) is 42.4. The van der Waals surface area contributed by atoms with Gasteiger partial charge in [-0.15, -0.1) is 63.4 Å². The molecule has 0 saturated heterocycles. The number of hydrogen-bond acceptors (Lipinski definition) is 19. The zero-order valence-electron chi connectivity index (χ0n) is 42.0. The van der Waals surface area contributed by atoms with Gasteiger partial charge in [-0.2, -0.15) is 44.9 Å². The van der Waals surface area contributed by atoms with E-state index in [9.17, 15) is 13.2 Å². The number of ether oxygens (including phenoxy) is 1. The van der Waals surface area contributed by atoms with Crippen LogP contribution < -0.4 is 48.3 Å². The summed E-state index contributed by atoms with van der Waals surface area (Å²) in [6, 6.07) is 18.5. The summed E-state index contributed by atoms with van der Waals surface area (Å²) >= 11 is 5.66. The molecule has 0 unspecified atom stereocenters. The van der Waals surface area contributed by atoms with Crippen LogP contribution in [0.5, 0.6) is 0 Å². The van der Waals surface area contributed by atoms with Crippen molar-refractivity contribution in [3.8, 4) is 74.1 Å². The van der Waals surface area contributed by atoms with Crippen molar-refractivity contribution in [3.05, 3.63) is 112 Å². The Morgan fingerprint density at radius 1 is 0.403 bits per heavy atom. The molecule has 0 atom stereocenters. The Labute approximate surface area is 465 Å². The fraction of sp³-hybridized carbons (Fsp3) is 0.250. The maximum absolute atomic E-state index is 12.9. The van der Waals surface area contributed by atoms with Crippen molar-refractivity contribution in [2.45, 2.75) is 33.5 Å². The lowest BCUT2D eigenvalue weighted by Crippen LogP contribution is -2.12. The minimum Gasteiger partial charge on any atom is -0.382 e. The highest BCUT2D eigenvalue weighted by Crippen LogP contribution is 2.13. The molecule has 10 N–H and O–H groups in total. The van der Waals surface area contributed by atoms with Crippen LogP contribution in [0.25, 0.3) is 0 Å². The van der Waals surface area contributed by atoms with E-state index in [0.29, 0.717) is 80.3 Å². The van der Waals surface area contributed by atoms with Gasteiger partial charge < -0.3 is 53.0 Å². The van der Waals surface area contributed by atoms with Gasteiger partial charge in [0.05, 0.1) is 39.3 Å². The quantitative estimate of drug-likeness (QED) is 0.0323. The van der Waals surface area contributed by atoms with E-state index in [-0.39, 0.29) is 73.7 Å². The van der Waals surface area contributed by atoms with Crippen LogP contribution in [-0.4, -0.2) is 97.3 Å². The molecule has 0 amide bonds. The van der Waals surface area contributed by atoms with Gasteiger partial charge >= 0.3 is 0 Å². The first-order valence-electron chi connectivity index (χ1n) is 22.4. The van der Waals surface area contributed by atoms with Crippen LogP contribution in [0.15, 0.2) is 72.8 Å². The molecule has 25 heteroatoms. The highest BCUT2D eigenvalue weighted by atomic mass is 35.5. The maximum atomic E-state index is 12.9. The number of nitrogens with zero attached hydrogens (tertiary/aromatic N) is 9. The van der Waals surface area contributed by atoms with Crippen LogP contribution in [0.1, 0.15) is 30.5 Å². The van der Waals surface area contributed by atoms with Crippen LogP contribution in [0.3, 0.4) is 0 Å². The molecule has 3 aromatic heterocycles. The first-order valence-corrected chi connectivity index (χ1v) is 22.8. The van der Waals surface area contributed by atoms with E-state index < -0.39 is 0 Å². The van der Waals surface area contributed by atoms with Crippen LogP contribution in [-0.2, 0) is 24.4 Å². The molecule has 77 heavy (non-hydrogen) atoms. The molecule has 0 spiro atoms. The third-order valence-electron chi connectivity index (χ3n) is 8.26. The van der Waals surface area contributed by atoms with Gasteiger partial charge in [-0.1, -0.05) is 71.9 Å². The number of aromatic nitrogens is 9. The molecule has 0 aliphatic rings. The Hall–Kier alpha value is -8.97. The minimum absolute atomic E-state index is 0. The van der Waals surface area contributed by atoms with Gasteiger partial charge in [0, 0.05) is 32.8 Å². The average molecular weight is 1110 g/mol. The molecular weight excluding hydrogens is 1060 g/mol. The summed E-state index contributed by atoms with van der Waals surface area (Å²) in [6.45, 7) is 8.79. The Balaban J connectivity index is 0.00000100. The lowest BCUT2D eigenvalue weighted by Gasteiger charge is -2.09. The van der Waals surface area contributed by atoms with Gasteiger partial charge in [-0.05, 0) is 78.5 Å². The number of terminal acetylenes is 6. The summed E-state index contributed by atoms with van der Waals surface area (Å²) in [5.74, 6) is 16.4. The van der Waals surface area contributed by atoms with Crippen LogP contribution >= 0.6 is 36.4 Å². The summed E-state index contributed by atoms with van der Waals surface area (Å²) < 4.78 is 42.8. The van der Waals surface area contributed by atoms with Crippen LogP contribution in [0, 0.1) is 91.5 Å². The highest BCUT2D eigenvalue weighted by molar-refractivity contribution is 6.28. The van der Waals surface area contributed by atoms with Gasteiger partial charge in [0.1, 0.15) is 17.5 Å². The van der Waals surface area contributed by atoms with Gasteiger partial charge in [0.15, 0.2) is 0 Å². The number of nitrogens with one attached hydrogen (secondary N) is 8. The number of nitrogens with two attached hydrogens (primary N) is 1. The number of rotatable bonds is 21. The number of halogens is 6. The summed E-state index contributed by atoms with van der Waals surface area (Å²) in [5.41, 5.74) is 8.02. The lowest BCUT2D eigenvalue weighted by molar-refractivity contribution is 0.162. The second-order valence-corrected chi connectivity index (χ2v) is 14.1. The molecule has 6 rings (SSSR count). The number of benzene rings is 3. The summed E-state index contributed by atoms with van der Waals surface area (Å²) in [6.07, 6.45) is 31.0. The molecule has 404 valence electrons. The van der Waals surface area contributed by atoms with Crippen molar-refractivity contribution >= 4 is 84.0 Å². The predicted octanol–water partition coefficient (Wildman–Crippen LogP) is 7.21. The SMILES string of the molecule is C#CCNc1nc(Cl)nc(NCC#C)n1.C#CCNc1nc(NCC#C)nc(NCc2ccc(F)cc2)n1.C#CCNc1nc(NCC#C)nc(NCc2ccc(F)cc2)n1.CCOCC.Cl.Cl.NCc1ccc(F)cc1. The first kappa shape index (κ1) is 68.0. The number of hydrogen-bond donors (Lipinski definition) is 9. The molecule has 19 nitrogen and oxygen atoms in total. The third-order valence-corrected chi connectivity index (χ3v) is 8.42. The Morgan fingerprint density at radius 2 is 0.623 bits per heavy atom. The molecule has 0 aliphatic heterocycles. The second-order valence-electron chi connectivity index (χ2n) is 13.8. The van der Waals surface area contributed by atoms with E-state index >= 15 is 0 Å². The van der Waals surface area contributed by atoms with Crippen molar-refractivity contribution in [3.63, 3.8) is 0 Å². The lowest BCUT2D eigenvalue weighted by atomic mass is 10.2. The molecule has 0 radical (unpaired) electrons. The van der Waals surface area contributed by atoms with Gasteiger partial charge in [-0.25, -0.2) is 13.2 Å². The molecule has 0 fully saturated rings. The Morgan fingerprint density at radius 3 is 0.831 bits per heavy atom. The zero-order chi connectivity index (χ0) is 54.9. The predicted molar refractivity (Wildman–Crippen MR) is 307 cm³/mol. The highest BCUT2D eigenvalue weighted by Gasteiger charge is 2.08.